The maximum Gasteiger partial charge on any atom is 0.252 e. The largest absolute Gasteiger partial charge is 0.343 e. The molecule has 344 valence electrons. The number of rotatable bonds is 20. The van der Waals surface area contributed by atoms with Crippen LogP contribution in [0.3, 0.4) is 0 Å². The zero-order valence-corrected chi connectivity index (χ0v) is 37.6. The molecule has 15 nitrogen and oxygen atoms in total. The molecular weight excluding hydrogens is 799 g/mol. The van der Waals surface area contributed by atoms with Gasteiger partial charge in [-0.05, 0) is 108 Å². The van der Waals surface area contributed by atoms with E-state index in [-0.39, 0.29) is 41.4 Å². The van der Waals surface area contributed by atoms with Gasteiger partial charge in [-0.2, -0.15) is 0 Å². The maximum atomic E-state index is 14.5. The Labute approximate surface area is 373 Å². The quantitative estimate of drug-likeness (QED) is 0.0982. The fourth-order valence-corrected chi connectivity index (χ4v) is 10.0. The van der Waals surface area contributed by atoms with E-state index in [0.717, 1.165) is 62.5 Å². The Hall–Kier alpha value is -4.86. The SMILES string of the molecule is CN[C@@H](C)C(=O)N[C@@H](CCCCC[C@H](NC(=O)[C@H](N)NC)C(=O)N1CC[C@H]2CCCN(CCc3ccccc3)C(=O)[C@H]21)C(=O)N1CC[C@H]2CCCN(CCc3ccccc3)C(=O)[C@H]21. The number of likely N-dealkylation sites (N-methyl/N-ethyl adjacent to an activating group) is 2. The Morgan fingerprint density at radius 1 is 0.619 bits per heavy atom. The molecule has 0 aromatic heterocycles. The van der Waals surface area contributed by atoms with Crippen molar-refractivity contribution in [3.05, 3.63) is 71.8 Å². The number of unbranched alkanes of at least 4 members (excludes halogenated alkanes) is 2. The van der Waals surface area contributed by atoms with Gasteiger partial charge in [0.2, 0.25) is 29.5 Å². The molecule has 4 aliphatic heterocycles. The van der Waals surface area contributed by atoms with Crippen molar-refractivity contribution in [2.75, 3.05) is 53.4 Å². The standard InChI is InChI=1S/C48H71N9O6/c1-33(50-2)43(58)52-38(45(60)56-31-25-36-19-13-27-54(47(62)40(36)56)29-23-34-15-7-4-8-16-34)21-11-6-12-22-39(53-44(59)42(49)51-3)46(61)57-32-26-37-20-14-28-55(48(63)41(37)57)30-24-35-17-9-5-10-18-35/h4-5,7-10,15-18,33,36-42,50-51H,6,11-14,19-32,49H2,1-3H3,(H,52,58)(H,53,59)/t33-,36+,37+,38-,39-,40-,41-,42+/m0/s1. The fourth-order valence-electron chi connectivity index (χ4n) is 10.0. The highest BCUT2D eigenvalue weighted by atomic mass is 16.2. The van der Waals surface area contributed by atoms with Gasteiger partial charge in [0.1, 0.15) is 30.3 Å². The first-order valence-electron chi connectivity index (χ1n) is 23.5. The van der Waals surface area contributed by atoms with Crippen LogP contribution >= 0.6 is 0 Å². The molecule has 6 rings (SSSR count). The van der Waals surface area contributed by atoms with E-state index in [1.54, 1.807) is 30.8 Å². The maximum absolute atomic E-state index is 14.5. The van der Waals surface area contributed by atoms with Gasteiger partial charge in [-0.3, -0.25) is 34.1 Å². The summed E-state index contributed by atoms with van der Waals surface area (Å²) >= 11 is 0. The summed E-state index contributed by atoms with van der Waals surface area (Å²) < 4.78 is 0. The first kappa shape index (κ1) is 47.6. The van der Waals surface area contributed by atoms with Crippen LogP contribution in [0.5, 0.6) is 0 Å². The number of likely N-dealkylation sites (tertiary alicyclic amines) is 4. The Balaban J connectivity index is 1.10. The number of benzene rings is 2. The summed E-state index contributed by atoms with van der Waals surface area (Å²) in [5.41, 5.74) is 8.34. The number of fused-ring (bicyclic) bond motifs is 2. The number of carbonyl (C=O) groups excluding carboxylic acids is 6. The normalized spacial score (nSPS) is 23.2. The summed E-state index contributed by atoms with van der Waals surface area (Å²) in [5.74, 6) is -1.24. The molecule has 0 aliphatic carbocycles. The van der Waals surface area contributed by atoms with E-state index in [9.17, 15) is 28.8 Å². The summed E-state index contributed by atoms with van der Waals surface area (Å²) in [6.07, 6.45) is 7.77. The lowest BCUT2D eigenvalue weighted by Gasteiger charge is -2.33. The monoisotopic (exact) mass is 870 g/mol. The van der Waals surface area contributed by atoms with E-state index in [4.69, 9.17) is 5.73 Å². The van der Waals surface area contributed by atoms with Crippen molar-refractivity contribution in [1.82, 2.24) is 40.9 Å². The molecule has 6 amide bonds. The molecule has 0 spiro atoms. The number of nitrogens with one attached hydrogen (secondary N) is 4. The minimum Gasteiger partial charge on any atom is -0.343 e. The van der Waals surface area contributed by atoms with Crippen molar-refractivity contribution in [2.24, 2.45) is 17.6 Å². The van der Waals surface area contributed by atoms with Crippen LogP contribution in [0.15, 0.2) is 60.7 Å². The van der Waals surface area contributed by atoms with Gasteiger partial charge in [-0.25, -0.2) is 0 Å². The Morgan fingerprint density at radius 3 is 1.49 bits per heavy atom. The molecule has 15 heteroatoms. The lowest BCUT2D eigenvalue weighted by atomic mass is 9.95. The zero-order chi connectivity index (χ0) is 44.9. The number of hydrogen-bond acceptors (Lipinski definition) is 9. The molecule has 4 aliphatic rings. The van der Waals surface area contributed by atoms with Crippen molar-refractivity contribution in [3.63, 3.8) is 0 Å². The van der Waals surface area contributed by atoms with Crippen molar-refractivity contribution < 1.29 is 28.8 Å². The summed E-state index contributed by atoms with van der Waals surface area (Å²) in [5, 5.41) is 11.6. The topological polar surface area (TPSA) is 190 Å². The lowest BCUT2D eigenvalue weighted by molar-refractivity contribution is -0.146. The smallest absolute Gasteiger partial charge is 0.252 e. The van der Waals surface area contributed by atoms with Gasteiger partial charge in [0.25, 0.3) is 5.91 Å². The number of nitrogens with zero attached hydrogens (tertiary/aromatic N) is 4. The van der Waals surface area contributed by atoms with Crippen LogP contribution in [0.4, 0.5) is 0 Å². The molecule has 6 N–H and O–H groups in total. The van der Waals surface area contributed by atoms with E-state index in [2.05, 4.69) is 45.5 Å². The van der Waals surface area contributed by atoms with Crippen LogP contribution in [0, 0.1) is 11.8 Å². The van der Waals surface area contributed by atoms with Gasteiger partial charge in [-0.15, -0.1) is 0 Å². The van der Waals surface area contributed by atoms with Gasteiger partial charge in [0.15, 0.2) is 0 Å². The minimum atomic E-state index is -1.02. The Kier molecular flexibility index (Phi) is 17.5. The molecule has 0 radical (unpaired) electrons. The second-order valence-corrected chi connectivity index (χ2v) is 18.0. The summed E-state index contributed by atoms with van der Waals surface area (Å²) in [7, 11) is 3.26. The number of carbonyl (C=O) groups is 6. The average Bonchev–Trinajstić information content (AvgIpc) is 3.85. The van der Waals surface area contributed by atoms with E-state index in [0.29, 0.717) is 71.4 Å². The third-order valence-corrected chi connectivity index (χ3v) is 13.9. The summed E-state index contributed by atoms with van der Waals surface area (Å²) in [6.45, 7) is 5.11. The Morgan fingerprint density at radius 2 is 1.06 bits per heavy atom. The number of nitrogens with two attached hydrogens (primary N) is 1. The highest BCUT2D eigenvalue weighted by Crippen LogP contribution is 2.35. The van der Waals surface area contributed by atoms with Gasteiger partial charge in [0, 0.05) is 39.3 Å². The van der Waals surface area contributed by atoms with Crippen molar-refractivity contribution >= 4 is 35.4 Å². The molecule has 0 unspecified atom stereocenters. The average molecular weight is 870 g/mol. The lowest BCUT2D eigenvalue weighted by Crippen LogP contribution is -2.58. The van der Waals surface area contributed by atoms with Gasteiger partial charge in [0.05, 0.1) is 6.04 Å². The zero-order valence-electron chi connectivity index (χ0n) is 37.6. The van der Waals surface area contributed by atoms with Crippen LogP contribution in [0.25, 0.3) is 0 Å². The number of amides is 6. The third-order valence-electron chi connectivity index (χ3n) is 13.9. The molecule has 63 heavy (non-hydrogen) atoms. The van der Waals surface area contributed by atoms with E-state index < -0.39 is 42.3 Å². The van der Waals surface area contributed by atoms with Gasteiger partial charge < -0.3 is 41.3 Å². The van der Waals surface area contributed by atoms with E-state index >= 15 is 0 Å². The van der Waals surface area contributed by atoms with Crippen LogP contribution in [0.1, 0.15) is 88.7 Å². The van der Waals surface area contributed by atoms with Gasteiger partial charge in [-0.1, -0.05) is 79.9 Å². The van der Waals surface area contributed by atoms with Crippen molar-refractivity contribution in [2.45, 2.75) is 127 Å². The summed E-state index contributed by atoms with van der Waals surface area (Å²) in [4.78, 5) is 90.9. The van der Waals surface area contributed by atoms with Crippen LogP contribution in [-0.2, 0) is 41.6 Å². The van der Waals surface area contributed by atoms with Gasteiger partial charge >= 0.3 is 0 Å². The predicted octanol–water partition coefficient (Wildman–Crippen LogP) is 2.18. The number of hydrogen-bond donors (Lipinski definition) is 5. The molecule has 0 bridgehead atoms. The molecule has 8 atom stereocenters. The van der Waals surface area contributed by atoms with E-state index in [1.807, 2.05) is 46.2 Å². The van der Waals surface area contributed by atoms with E-state index in [1.165, 1.54) is 0 Å². The molecule has 0 saturated carbocycles. The summed E-state index contributed by atoms with van der Waals surface area (Å²) in [6, 6.07) is 16.8. The van der Waals surface area contributed by atoms with Crippen molar-refractivity contribution in [3.8, 4) is 0 Å². The molecule has 4 heterocycles. The second-order valence-electron chi connectivity index (χ2n) is 18.0. The Bertz CT molecular complexity index is 1720. The second kappa shape index (κ2) is 23.2. The van der Waals surface area contributed by atoms with Crippen molar-refractivity contribution in [1.29, 1.82) is 0 Å². The predicted molar refractivity (Wildman–Crippen MR) is 242 cm³/mol. The first-order valence-corrected chi connectivity index (χ1v) is 23.5. The highest BCUT2D eigenvalue weighted by Gasteiger charge is 2.48. The van der Waals surface area contributed by atoms with Crippen LogP contribution in [-0.4, -0.2) is 145 Å². The highest BCUT2D eigenvalue weighted by molar-refractivity contribution is 5.95. The molecular formula is C48H71N9O6. The fraction of sp³-hybridized carbons (Fsp3) is 0.625. The first-order chi connectivity index (χ1) is 30.5. The van der Waals surface area contributed by atoms with Crippen LogP contribution in [0.2, 0.25) is 0 Å². The molecule has 4 saturated heterocycles. The molecule has 4 fully saturated rings. The minimum absolute atomic E-state index is 0.0153. The molecule has 2 aromatic rings. The van der Waals surface area contributed by atoms with Crippen LogP contribution < -0.4 is 27.0 Å². The third kappa shape index (κ3) is 12.2. The molecule has 2 aromatic carbocycles.